The summed E-state index contributed by atoms with van der Waals surface area (Å²) in [6.45, 7) is 0. The Morgan fingerprint density at radius 3 is 2.41 bits per heavy atom. The SMILES string of the molecule is Nc1ccc(NC(=O)C(O)C(F)(F)F)c(N)c1. The molecule has 0 aliphatic rings. The average molecular weight is 249 g/mol. The third-order valence-corrected chi connectivity index (χ3v) is 1.89. The van der Waals surface area contributed by atoms with Crippen molar-refractivity contribution >= 4 is 23.0 Å². The topological polar surface area (TPSA) is 101 Å². The molecule has 1 aromatic carbocycles. The van der Waals surface area contributed by atoms with E-state index >= 15 is 0 Å². The number of nitrogens with two attached hydrogens (primary N) is 2. The van der Waals surface area contributed by atoms with Gasteiger partial charge in [0, 0.05) is 5.69 Å². The number of carbonyl (C=O) groups is 1. The zero-order valence-electron chi connectivity index (χ0n) is 8.45. The lowest BCUT2D eigenvalue weighted by atomic mass is 10.2. The molecule has 0 fully saturated rings. The van der Waals surface area contributed by atoms with Crippen molar-refractivity contribution in [3.05, 3.63) is 18.2 Å². The van der Waals surface area contributed by atoms with Crippen LogP contribution in [-0.2, 0) is 4.79 Å². The first-order chi connectivity index (χ1) is 7.71. The van der Waals surface area contributed by atoms with Crippen LogP contribution in [0.4, 0.5) is 30.2 Å². The summed E-state index contributed by atoms with van der Waals surface area (Å²) < 4.78 is 36.0. The number of alkyl halides is 3. The summed E-state index contributed by atoms with van der Waals surface area (Å²) in [4.78, 5) is 11.0. The van der Waals surface area contributed by atoms with Crippen LogP contribution in [0.3, 0.4) is 0 Å². The molecule has 0 radical (unpaired) electrons. The van der Waals surface area contributed by atoms with E-state index in [0.29, 0.717) is 5.69 Å². The van der Waals surface area contributed by atoms with Gasteiger partial charge in [-0.15, -0.1) is 0 Å². The minimum Gasteiger partial charge on any atom is -0.399 e. The number of nitrogens with one attached hydrogen (secondary N) is 1. The van der Waals surface area contributed by atoms with Gasteiger partial charge in [0.2, 0.25) is 6.10 Å². The Morgan fingerprint density at radius 2 is 1.94 bits per heavy atom. The standard InChI is InChI=1S/C9H10F3N3O2/c10-9(11,12)7(16)8(17)15-6-2-1-4(13)3-5(6)14/h1-3,7,16H,13-14H2,(H,15,17). The third-order valence-electron chi connectivity index (χ3n) is 1.89. The van der Waals surface area contributed by atoms with Crippen molar-refractivity contribution in [2.24, 2.45) is 0 Å². The lowest BCUT2D eigenvalue weighted by Gasteiger charge is -2.15. The molecule has 8 heteroatoms. The Bertz CT molecular complexity index is 434. The van der Waals surface area contributed by atoms with Gasteiger partial charge in [0.25, 0.3) is 5.91 Å². The molecule has 0 aliphatic heterocycles. The number of benzene rings is 1. The Balaban J connectivity index is 2.82. The minimum absolute atomic E-state index is 0.00715. The summed E-state index contributed by atoms with van der Waals surface area (Å²) in [7, 11) is 0. The van der Waals surface area contributed by atoms with Crippen molar-refractivity contribution < 1.29 is 23.1 Å². The van der Waals surface area contributed by atoms with E-state index in [1.807, 2.05) is 5.32 Å². The second-order valence-electron chi connectivity index (χ2n) is 3.28. The highest BCUT2D eigenvalue weighted by atomic mass is 19.4. The number of hydrogen-bond donors (Lipinski definition) is 4. The summed E-state index contributed by atoms with van der Waals surface area (Å²) in [5.41, 5.74) is 11.0. The average Bonchev–Trinajstić information content (AvgIpc) is 2.19. The number of halogens is 3. The van der Waals surface area contributed by atoms with E-state index in [1.165, 1.54) is 18.2 Å². The van der Waals surface area contributed by atoms with E-state index in [9.17, 15) is 18.0 Å². The van der Waals surface area contributed by atoms with Crippen molar-refractivity contribution in [2.75, 3.05) is 16.8 Å². The van der Waals surface area contributed by atoms with E-state index in [2.05, 4.69) is 0 Å². The quantitative estimate of drug-likeness (QED) is 0.580. The van der Waals surface area contributed by atoms with Gasteiger partial charge in [0.1, 0.15) is 0 Å². The molecule has 0 aromatic heterocycles. The number of anilines is 3. The molecule has 0 spiro atoms. The summed E-state index contributed by atoms with van der Waals surface area (Å²) in [5.74, 6) is -1.60. The van der Waals surface area contributed by atoms with Crippen molar-refractivity contribution in [3.8, 4) is 0 Å². The van der Waals surface area contributed by atoms with Crippen LogP contribution in [0.5, 0.6) is 0 Å². The highest BCUT2D eigenvalue weighted by Crippen LogP contribution is 2.24. The van der Waals surface area contributed by atoms with Crippen molar-refractivity contribution in [1.29, 1.82) is 0 Å². The fourth-order valence-corrected chi connectivity index (χ4v) is 1.04. The van der Waals surface area contributed by atoms with Gasteiger partial charge < -0.3 is 21.9 Å². The van der Waals surface area contributed by atoms with Crippen LogP contribution in [-0.4, -0.2) is 23.3 Å². The van der Waals surface area contributed by atoms with Crippen molar-refractivity contribution in [1.82, 2.24) is 0 Å². The maximum atomic E-state index is 12.0. The predicted molar refractivity (Wildman–Crippen MR) is 56.0 cm³/mol. The Morgan fingerprint density at radius 1 is 1.35 bits per heavy atom. The van der Waals surface area contributed by atoms with Gasteiger partial charge in [-0.3, -0.25) is 4.79 Å². The number of carbonyl (C=O) groups excluding carboxylic acids is 1. The highest BCUT2D eigenvalue weighted by Gasteiger charge is 2.43. The molecular weight excluding hydrogens is 239 g/mol. The summed E-state index contributed by atoms with van der Waals surface area (Å²) >= 11 is 0. The molecule has 0 bridgehead atoms. The molecule has 0 saturated heterocycles. The number of hydrogen-bond acceptors (Lipinski definition) is 4. The fourth-order valence-electron chi connectivity index (χ4n) is 1.04. The molecule has 1 rings (SSSR count). The maximum absolute atomic E-state index is 12.0. The molecule has 17 heavy (non-hydrogen) atoms. The fraction of sp³-hybridized carbons (Fsp3) is 0.222. The van der Waals surface area contributed by atoms with Crippen LogP contribution in [0.2, 0.25) is 0 Å². The lowest BCUT2D eigenvalue weighted by molar-refractivity contribution is -0.202. The Labute approximate surface area is 94.2 Å². The van der Waals surface area contributed by atoms with Crippen molar-refractivity contribution in [2.45, 2.75) is 12.3 Å². The number of nitrogen functional groups attached to an aromatic ring is 2. The van der Waals surface area contributed by atoms with Gasteiger partial charge in [-0.25, -0.2) is 0 Å². The normalized spacial score (nSPS) is 13.2. The monoisotopic (exact) mass is 249 g/mol. The van der Waals surface area contributed by atoms with E-state index in [4.69, 9.17) is 16.6 Å². The van der Waals surface area contributed by atoms with Gasteiger partial charge in [-0.2, -0.15) is 13.2 Å². The molecule has 0 aliphatic carbocycles. The van der Waals surface area contributed by atoms with Crippen LogP contribution in [0.15, 0.2) is 18.2 Å². The molecule has 94 valence electrons. The number of aliphatic hydroxyl groups excluding tert-OH is 1. The van der Waals surface area contributed by atoms with Crippen molar-refractivity contribution in [3.63, 3.8) is 0 Å². The molecule has 6 N–H and O–H groups in total. The summed E-state index contributed by atoms with van der Waals surface area (Å²) in [6, 6.07) is 3.87. The number of amides is 1. The maximum Gasteiger partial charge on any atom is 0.423 e. The summed E-state index contributed by atoms with van der Waals surface area (Å²) in [6.07, 6.45) is -8.12. The third kappa shape index (κ3) is 3.25. The molecule has 1 amide bonds. The van der Waals surface area contributed by atoms with Crippen LogP contribution >= 0.6 is 0 Å². The van der Waals surface area contributed by atoms with Gasteiger partial charge in [0.05, 0.1) is 11.4 Å². The van der Waals surface area contributed by atoms with Crippen LogP contribution < -0.4 is 16.8 Å². The highest BCUT2D eigenvalue weighted by molar-refractivity contribution is 5.97. The predicted octanol–water partition coefficient (Wildman–Crippen LogP) is 0.713. The van der Waals surface area contributed by atoms with Crippen LogP contribution in [0, 0.1) is 0 Å². The Hall–Kier alpha value is -1.96. The number of rotatable bonds is 2. The molecular formula is C9H10F3N3O2. The zero-order valence-corrected chi connectivity index (χ0v) is 8.45. The minimum atomic E-state index is -5.02. The molecule has 0 heterocycles. The van der Waals surface area contributed by atoms with E-state index < -0.39 is 18.2 Å². The first kappa shape index (κ1) is 13.1. The second kappa shape index (κ2) is 4.50. The van der Waals surface area contributed by atoms with Gasteiger partial charge in [-0.1, -0.05) is 0 Å². The molecule has 1 atom stereocenters. The molecule has 0 saturated carbocycles. The first-order valence-electron chi connectivity index (χ1n) is 4.42. The van der Waals surface area contributed by atoms with E-state index in [-0.39, 0.29) is 11.4 Å². The largest absolute Gasteiger partial charge is 0.423 e. The van der Waals surface area contributed by atoms with Gasteiger partial charge in [-0.05, 0) is 18.2 Å². The number of aliphatic hydroxyl groups is 1. The van der Waals surface area contributed by atoms with Crippen LogP contribution in [0.25, 0.3) is 0 Å². The molecule has 1 aromatic rings. The molecule has 5 nitrogen and oxygen atoms in total. The smallest absolute Gasteiger partial charge is 0.399 e. The summed E-state index contributed by atoms with van der Waals surface area (Å²) in [5, 5.41) is 10.5. The lowest BCUT2D eigenvalue weighted by Crippen LogP contribution is -2.40. The van der Waals surface area contributed by atoms with Gasteiger partial charge in [0.15, 0.2) is 0 Å². The van der Waals surface area contributed by atoms with Gasteiger partial charge >= 0.3 is 6.18 Å². The zero-order chi connectivity index (χ0) is 13.2. The Kier molecular flexibility index (Phi) is 3.47. The first-order valence-corrected chi connectivity index (χ1v) is 4.42. The van der Waals surface area contributed by atoms with Crippen LogP contribution in [0.1, 0.15) is 0 Å². The van der Waals surface area contributed by atoms with E-state index in [1.54, 1.807) is 0 Å². The molecule has 1 unspecified atom stereocenters. The van der Waals surface area contributed by atoms with E-state index in [0.717, 1.165) is 0 Å². The second-order valence-corrected chi connectivity index (χ2v) is 3.28.